The molecule has 0 saturated carbocycles. The van der Waals surface area contributed by atoms with E-state index in [9.17, 15) is 4.57 Å². The Morgan fingerprint density at radius 3 is 2.12 bits per heavy atom. The molecule has 0 rings (SSSR count). The Labute approximate surface area is 94.6 Å². The number of nitrogens with zero attached hydrogens (tertiary/aromatic N) is 1. The zero-order valence-electron chi connectivity index (χ0n) is 9.02. The highest BCUT2D eigenvalue weighted by molar-refractivity contribution is 8.00. The molecule has 0 radical (unpaired) electrons. The van der Waals surface area contributed by atoms with Gasteiger partial charge in [-0.05, 0) is 6.42 Å². The van der Waals surface area contributed by atoms with Crippen LogP contribution in [0, 0.1) is 0 Å². The average Bonchev–Trinajstić information content (AvgIpc) is 2.06. The molecule has 0 amide bonds. The van der Waals surface area contributed by atoms with Crippen molar-refractivity contribution in [2.45, 2.75) is 32.6 Å². The first-order valence-electron chi connectivity index (χ1n) is 4.88. The molecule has 0 bridgehead atoms. The van der Waals surface area contributed by atoms with E-state index in [-0.39, 0.29) is 6.54 Å². The lowest BCUT2D eigenvalue weighted by Crippen LogP contribution is -2.07. The molecule has 9 heteroatoms. The second-order valence-electron chi connectivity index (χ2n) is 3.35. The van der Waals surface area contributed by atoms with Gasteiger partial charge in [0.1, 0.15) is 0 Å². The summed E-state index contributed by atoms with van der Waals surface area (Å²) >= 11 is 0. The molecule has 7 nitrogen and oxygen atoms in total. The Balaban J connectivity index is 4.44. The molecule has 0 unspecified atom stereocenters. The van der Waals surface area contributed by atoms with Crippen LogP contribution in [0.1, 0.15) is 32.6 Å². The van der Waals surface area contributed by atoms with Gasteiger partial charge in [-0.3, -0.25) is 0 Å². The zero-order valence-corrected chi connectivity index (χ0v) is 10.8. The van der Waals surface area contributed by atoms with Crippen LogP contribution in [-0.4, -0.2) is 36.2 Å². The van der Waals surface area contributed by atoms with Gasteiger partial charge < -0.3 is 9.79 Å². The number of hydrogen-bond donors (Lipinski definition) is 5. The van der Waals surface area contributed by atoms with E-state index in [1.165, 1.54) is 0 Å². The molecule has 0 spiro atoms. The lowest BCUT2D eigenvalue weighted by Gasteiger charge is -2.07. The molecule has 0 atom stereocenters. The predicted octanol–water partition coefficient (Wildman–Crippen LogP) is 0.840. The van der Waals surface area contributed by atoms with Crippen LogP contribution in [0.4, 0.5) is 0 Å². The average molecular weight is 274 g/mol. The molecule has 0 aromatic carbocycles. The number of rotatable bonds is 7. The summed E-state index contributed by atoms with van der Waals surface area (Å²) in [6.45, 7) is 2.07. The van der Waals surface area contributed by atoms with E-state index in [1.807, 2.05) is 6.92 Å². The fraction of sp³-hybridized carbons (Fsp3) is 0.857. The summed E-state index contributed by atoms with van der Waals surface area (Å²) < 4.78 is 10.8. The fourth-order valence-electron chi connectivity index (χ4n) is 1.08. The van der Waals surface area contributed by atoms with Crippen molar-refractivity contribution in [2.75, 3.05) is 6.54 Å². The topological polar surface area (TPSA) is 131 Å². The van der Waals surface area contributed by atoms with Gasteiger partial charge in [-0.25, -0.2) is 9.56 Å². The maximum absolute atomic E-state index is 10.8. The van der Waals surface area contributed by atoms with Crippen LogP contribution in [0.2, 0.25) is 0 Å². The molecule has 0 aliphatic carbocycles. The maximum Gasteiger partial charge on any atom is 0.469 e. The first-order valence-corrected chi connectivity index (χ1v) is 8.14. The van der Waals surface area contributed by atoms with Crippen LogP contribution in [0.5, 0.6) is 0 Å². The number of aliphatic imine (C=N–C) groups is 1. The van der Waals surface area contributed by atoms with E-state index in [4.69, 9.17) is 24.5 Å². The highest BCUT2D eigenvalue weighted by Crippen LogP contribution is 2.60. The quantitative estimate of drug-likeness (QED) is 0.265. The van der Waals surface area contributed by atoms with Crippen LogP contribution in [0.25, 0.3) is 0 Å². The number of hydrogen-bond acceptors (Lipinski definition) is 5. The number of unbranched alkanes of at least 4 members (excludes halogenated alkanes) is 3. The second-order valence-corrected chi connectivity index (χ2v) is 6.78. The zero-order chi connectivity index (χ0) is 12.8. The van der Waals surface area contributed by atoms with E-state index >= 15 is 0 Å². The molecular weight excluding hydrogens is 256 g/mol. The molecule has 0 aromatic rings. The fourth-order valence-corrected chi connectivity index (χ4v) is 3.05. The molecule has 5 N–H and O–H groups in total. The monoisotopic (exact) mass is 274 g/mol. The molecule has 0 heterocycles. The summed E-state index contributed by atoms with van der Waals surface area (Å²) in [6.07, 6.45) is 3.39. The van der Waals surface area contributed by atoms with Gasteiger partial charge in [-0.2, -0.15) is 14.7 Å². The molecule has 16 heavy (non-hydrogen) atoms. The van der Waals surface area contributed by atoms with Gasteiger partial charge in [0.25, 0.3) is 0 Å². The standard InChI is InChI=1S/C7H17NO6P2/c1-2-3-4-5-6-8-7(15(9,10)11)16(12,13)14/h9-11H,2-6H2,1H3,(H-,12,13,14)/p+1. The Kier molecular flexibility index (Phi) is 6.82. The third-order valence-electron chi connectivity index (χ3n) is 1.79. The van der Waals surface area contributed by atoms with E-state index < -0.39 is 20.7 Å². The smallest absolute Gasteiger partial charge is 0.317 e. The van der Waals surface area contributed by atoms with Crippen molar-refractivity contribution in [2.24, 2.45) is 4.99 Å². The summed E-state index contributed by atoms with van der Waals surface area (Å²) in [5.41, 5.74) is 0. The molecule has 0 aliphatic heterocycles. The Bertz CT molecular complexity index is 281. The SMILES string of the molecule is CCCCCCN=C(P(=O)(O)O)[P+](O)(O)O. The van der Waals surface area contributed by atoms with Crippen molar-refractivity contribution in [1.82, 2.24) is 0 Å². The van der Waals surface area contributed by atoms with Crippen molar-refractivity contribution >= 4 is 20.7 Å². The normalized spacial score (nSPS) is 14.2. The Morgan fingerprint density at radius 2 is 1.75 bits per heavy atom. The van der Waals surface area contributed by atoms with Gasteiger partial charge in [0, 0.05) is 6.54 Å². The summed E-state index contributed by atoms with van der Waals surface area (Å²) in [4.78, 5) is 47.3. The van der Waals surface area contributed by atoms with Gasteiger partial charge in [0.2, 0.25) is 0 Å². The van der Waals surface area contributed by atoms with E-state index in [1.54, 1.807) is 0 Å². The van der Waals surface area contributed by atoms with Crippen molar-refractivity contribution in [3.8, 4) is 0 Å². The minimum Gasteiger partial charge on any atom is -0.317 e. The van der Waals surface area contributed by atoms with Crippen LogP contribution in [-0.2, 0) is 4.57 Å². The van der Waals surface area contributed by atoms with Gasteiger partial charge in [0.05, 0.1) is 0 Å². The van der Waals surface area contributed by atoms with Gasteiger partial charge >= 0.3 is 20.7 Å². The molecule has 96 valence electrons. The summed E-state index contributed by atoms with van der Waals surface area (Å²) in [6, 6.07) is 0. The lowest BCUT2D eigenvalue weighted by atomic mass is 10.2. The van der Waals surface area contributed by atoms with Crippen molar-refractivity contribution in [3.63, 3.8) is 0 Å². The predicted molar refractivity (Wildman–Crippen MR) is 62.1 cm³/mol. The Morgan fingerprint density at radius 1 is 1.19 bits per heavy atom. The maximum atomic E-state index is 10.8. The van der Waals surface area contributed by atoms with Crippen LogP contribution < -0.4 is 0 Å². The van der Waals surface area contributed by atoms with Crippen molar-refractivity contribution in [3.05, 3.63) is 0 Å². The molecule has 0 saturated heterocycles. The van der Waals surface area contributed by atoms with E-state index in [2.05, 4.69) is 4.99 Å². The Hall–Kier alpha value is 0.130. The van der Waals surface area contributed by atoms with Crippen LogP contribution in [0.3, 0.4) is 0 Å². The van der Waals surface area contributed by atoms with Crippen molar-refractivity contribution in [1.29, 1.82) is 0 Å². The molecule has 0 aromatic heterocycles. The van der Waals surface area contributed by atoms with Crippen molar-refractivity contribution < 1.29 is 29.0 Å². The minimum absolute atomic E-state index is 0.0594. The molecule has 0 fully saturated rings. The molecule has 0 aliphatic rings. The molecular formula is C7H18NO6P2+. The van der Waals surface area contributed by atoms with E-state index in [0.717, 1.165) is 19.3 Å². The summed E-state index contributed by atoms with van der Waals surface area (Å²) in [7, 11) is -9.62. The second kappa shape index (κ2) is 6.77. The third kappa shape index (κ3) is 6.66. The largest absolute Gasteiger partial charge is 0.469 e. The van der Waals surface area contributed by atoms with Gasteiger partial charge in [-0.15, -0.1) is 0 Å². The van der Waals surface area contributed by atoms with Crippen LogP contribution >= 0.6 is 15.5 Å². The highest BCUT2D eigenvalue weighted by atomic mass is 31.3. The third-order valence-corrected chi connectivity index (χ3v) is 4.72. The first-order chi connectivity index (χ1) is 7.19. The van der Waals surface area contributed by atoms with Crippen LogP contribution in [0.15, 0.2) is 4.99 Å². The summed E-state index contributed by atoms with van der Waals surface area (Å²) in [5, 5.41) is -1.20. The first kappa shape index (κ1) is 16.1. The lowest BCUT2D eigenvalue weighted by molar-refractivity contribution is 0.348. The van der Waals surface area contributed by atoms with E-state index in [0.29, 0.717) is 6.42 Å². The highest BCUT2D eigenvalue weighted by Gasteiger charge is 2.51. The minimum atomic E-state index is -4.90. The van der Waals surface area contributed by atoms with Gasteiger partial charge in [0.15, 0.2) is 0 Å². The summed E-state index contributed by atoms with van der Waals surface area (Å²) in [5.74, 6) is 0. The van der Waals surface area contributed by atoms with Gasteiger partial charge in [-0.1, -0.05) is 26.2 Å².